The number of methoxy groups -OCH3 is 1. The first-order valence-corrected chi connectivity index (χ1v) is 7.32. The Kier molecular flexibility index (Phi) is 3.88. The van der Waals surface area contributed by atoms with Crippen molar-refractivity contribution in [2.75, 3.05) is 12.4 Å². The number of anilines is 1. The summed E-state index contributed by atoms with van der Waals surface area (Å²) < 4.78 is 4.85. The number of para-hydroxylation sites is 1. The molecule has 1 aliphatic heterocycles. The van der Waals surface area contributed by atoms with E-state index < -0.39 is 23.4 Å². The summed E-state index contributed by atoms with van der Waals surface area (Å²) in [5, 5.41) is 13.8. The first-order valence-electron chi connectivity index (χ1n) is 7.32. The van der Waals surface area contributed by atoms with Gasteiger partial charge in [-0.2, -0.15) is 0 Å². The molecule has 0 fully saturated rings. The molecule has 23 heavy (non-hydrogen) atoms. The minimum atomic E-state index is -1.94. The van der Waals surface area contributed by atoms with Gasteiger partial charge in [-0.3, -0.25) is 9.59 Å². The number of nitrogens with one attached hydrogen (secondary N) is 1. The van der Waals surface area contributed by atoms with Crippen LogP contribution in [0.1, 0.15) is 11.1 Å². The molecule has 0 bridgehead atoms. The van der Waals surface area contributed by atoms with Crippen molar-refractivity contribution in [1.82, 2.24) is 0 Å². The third-order valence-electron chi connectivity index (χ3n) is 4.20. The Hall–Kier alpha value is -2.66. The predicted molar refractivity (Wildman–Crippen MR) is 84.6 cm³/mol. The lowest BCUT2D eigenvalue weighted by molar-refractivity contribution is -0.162. The first-order chi connectivity index (χ1) is 11.1. The van der Waals surface area contributed by atoms with E-state index in [-0.39, 0.29) is 6.42 Å². The summed E-state index contributed by atoms with van der Waals surface area (Å²) in [4.78, 5) is 24.7. The molecule has 3 rings (SSSR count). The van der Waals surface area contributed by atoms with E-state index in [0.717, 1.165) is 5.56 Å². The van der Waals surface area contributed by atoms with Crippen molar-refractivity contribution >= 4 is 17.6 Å². The van der Waals surface area contributed by atoms with Crippen molar-refractivity contribution in [2.45, 2.75) is 12.0 Å². The molecule has 0 spiro atoms. The summed E-state index contributed by atoms with van der Waals surface area (Å²) in [6, 6.07) is 16.1. The van der Waals surface area contributed by atoms with Gasteiger partial charge in [-0.1, -0.05) is 48.5 Å². The molecule has 0 aliphatic carbocycles. The zero-order valence-corrected chi connectivity index (χ0v) is 12.7. The Labute approximate surface area is 133 Å². The quantitative estimate of drug-likeness (QED) is 0.845. The van der Waals surface area contributed by atoms with Gasteiger partial charge in [0.25, 0.3) is 5.91 Å². The van der Waals surface area contributed by atoms with Crippen molar-refractivity contribution in [1.29, 1.82) is 0 Å². The minimum absolute atomic E-state index is 0.200. The Morgan fingerprint density at radius 3 is 2.52 bits per heavy atom. The van der Waals surface area contributed by atoms with E-state index in [1.165, 1.54) is 7.11 Å². The van der Waals surface area contributed by atoms with Gasteiger partial charge in [-0.25, -0.2) is 0 Å². The first kappa shape index (κ1) is 15.2. The molecular weight excluding hydrogens is 294 g/mol. The SMILES string of the molecule is COC(=O)C(Cc1ccccc1)C1(O)C(=O)Nc2ccccc21. The number of hydrogen-bond donors (Lipinski definition) is 2. The second-order valence-electron chi connectivity index (χ2n) is 5.53. The smallest absolute Gasteiger partial charge is 0.312 e. The molecule has 2 N–H and O–H groups in total. The van der Waals surface area contributed by atoms with Crippen LogP contribution in [0.5, 0.6) is 0 Å². The molecule has 2 atom stereocenters. The summed E-state index contributed by atoms with van der Waals surface area (Å²) in [5.41, 5.74) is -0.189. The topological polar surface area (TPSA) is 75.6 Å². The maximum atomic E-state index is 12.4. The van der Waals surface area contributed by atoms with E-state index in [2.05, 4.69) is 5.32 Å². The predicted octanol–water partition coefficient (Wildman–Crippen LogP) is 1.86. The number of amides is 1. The van der Waals surface area contributed by atoms with Crippen LogP contribution in [-0.2, 0) is 26.3 Å². The van der Waals surface area contributed by atoms with Crippen LogP contribution in [0.3, 0.4) is 0 Å². The molecule has 118 valence electrons. The van der Waals surface area contributed by atoms with Crippen LogP contribution < -0.4 is 5.32 Å². The average molecular weight is 311 g/mol. The van der Waals surface area contributed by atoms with Gasteiger partial charge in [0.1, 0.15) is 5.92 Å². The fraction of sp³-hybridized carbons (Fsp3) is 0.222. The van der Waals surface area contributed by atoms with Crippen LogP contribution in [-0.4, -0.2) is 24.1 Å². The van der Waals surface area contributed by atoms with Gasteiger partial charge in [0, 0.05) is 11.3 Å². The maximum absolute atomic E-state index is 12.4. The van der Waals surface area contributed by atoms with Gasteiger partial charge >= 0.3 is 5.97 Å². The summed E-state index contributed by atoms with van der Waals surface area (Å²) >= 11 is 0. The monoisotopic (exact) mass is 311 g/mol. The molecule has 5 heteroatoms. The zero-order valence-electron chi connectivity index (χ0n) is 12.7. The van der Waals surface area contributed by atoms with Gasteiger partial charge in [0.2, 0.25) is 0 Å². The van der Waals surface area contributed by atoms with E-state index in [0.29, 0.717) is 11.3 Å². The van der Waals surface area contributed by atoms with Crippen molar-refractivity contribution in [3.63, 3.8) is 0 Å². The number of rotatable bonds is 4. The lowest BCUT2D eigenvalue weighted by atomic mass is 9.78. The Balaban J connectivity index is 2.06. The summed E-state index contributed by atoms with van der Waals surface area (Å²) in [7, 11) is 1.25. The highest BCUT2D eigenvalue weighted by Crippen LogP contribution is 2.42. The van der Waals surface area contributed by atoms with Crippen LogP contribution in [0.15, 0.2) is 54.6 Å². The fourth-order valence-corrected chi connectivity index (χ4v) is 3.00. The third-order valence-corrected chi connectivity index (χ3v) is 4.20. The standard InChI is InChI=1S/C18H17NO4/c1-23-16(20)14(11-12-7-3-2-4-8-12)18(22)13-9-5-6-10-15(13)19-17(18)21/h2-10,14,22H,11H2,1H3,(H,19,21). The van der Waals surface area contributed by atoms with E-state index in [1.807, 2.05) is 30.3 Å². The second-order valence-corrected chi connectivity index (χ2v) is 5.53. The molecular formula is C18H17NO4. The lowest BCUT2D eigenvalue weighted by Gasteiger charge is -2.29. The van der Waals surface area contributed by atoms with E-state index in [9.17, 15) is 14.7 Å². The highest BCUT2D eigenvalue weighted by molar-refractivity contribution is 6.07. The number of fused-ring (bicyclic) bond motifs is 1. The van der Waals surface area contributed by atoms with Gasteiger partial charge < -0.3 is 15.2 Å². The zero-order chi connectivity index (χ0) is 16.4. The molecule has 2 aromatic rings. The third kappa shape index (κ3) is 2.49. The molecule has 5 nitrogen and oxygen atoms in total. The molecule has 0 aromatic heterocycles. The molecule has 1 heterocycles. The fourth-order valence-electron chi connectivity index (χ4n) is 3.00. The van der Waals surface area contributed by atoms with Crippen LogP contribution in [0, 0.1) is 5.92 Å². The lowest BCUT2D eigenvalue weighted by Crippen LogP contribution is -2.46. The number of benzene rings is 2. The normalized spacial score (nSPS) is 20.5. The van der Waals surface area contributed by atoms with Gasteiger partial charge in [-0.05, 0) is 18.1 Å². The second kappa shape index (κ2) is 5.85. The highest BCUT2D eigenvalue weighted by atomic mass is 16.5. The van der Waals surface area contributed by atoms with E-state index in [1.54, 1.807) is 24.3 Å². The number of esters is 1. The van der Waals surface area contributed by atoms with Crippen molar-refractivity contribution in [3.8, 4) is 0 Å². The molecule has 2 unspecified atom stereocenters. The molecule has 2 aromatic carbocycles. The van der Waals surface area contributed by atoms with E-state index >= 15 is 0 Å². The van der Waals surface area contributed by atoms with Crippen molar-refractivity contribution < 1.29 is 19.4 Å². The van der Waals surface area contributed by atoms with Gasteiger partial charge in [0.15, 0.2) is 5.60 Å². The number of aliphatic hydroxyl groups is 1. The summed E-state index contributed by atoms with van der Waals surface area (Å²) in [6.45, 7) is 0. The average Bonchev–Trinajstić information content (AvgIpc) is 2.85. The number of hydrogen-bond acceptors (Lipinski definition) is 4. The van der Waals surface area contributed by atoms with Crippen LogP contribution in [0.4, 0.5) is 5.69 Å². The minimum Gasteiger partial charge on any atom is -0.469 e. The number of ether oxygens (including phenoxy) is 1. The Morgan fingerprint density at radius 2 is 1.83 bits per heavy atom. The molecule has 0 saturated carbocycles. The Morgan fingerprint density at radius 1 is 1.17 bits per heavy atom. The summed E-state index contributed by atoms with van der Waals surface area (Å²) in [5.74, 6) is -2.26. The number of carbonyl (C=O) groups excluding carboxylic acids is 2. The van der Waals surface area contributed by atoms with Crippen LogP contribution in [0.25, 0.3) is 0 Å². The van der Waals surface area contributed by atoms with E-state index in [4.69, 9.17) is 4.74 Å². The molecule has 0 saturated heterocycles. The number of carbonyl (C=O) groups is 2. The van der Waals surface area contributed by atoms with Gasteiger partial charge in [0.05, 0.1) is 7.11 Å². The maximum Gasteiger partial charge on any atom is 0.312 e. The van der Waals surface area contributed by atoms with Crippen LogP contribution >= 0.6 is 0 Å². The summed E-state index contributed by atoms with van der Waals surface area (Å²) in [6.07, 6.45) is 0.200. The highest BCUT2D eigenvalue weighted by Gasteiger charge is 2.54. The Bertz CT molecular complexity index is 744. The van der Waals surface area contributed by atoms with Gasteiger partial charge in [-0.15, -0.1) is 0 Å². The van der Waals surface area contributed by atoms with Crippen LogP contribution in [0.2, 0.25) is 0 Å². The van der Waals surface area contributed by atoms with Crippen molar-refractivity contribution in [2.24, 2.45) is 5.92 Å². The largest absolute Gasteiger partial charge is 0.469 e. The van der Waals surface area contributed by atoms with Crippen molar-refractivity contribution in [3.05, 3.63) is 65.7 Å². The molecule has 1 aliphatic rings. The molecule has 1 amide bonds. The molecule has 0 radical (unpaired) electrons.